The lowest BCUT2D eigenvalue weighted by molar-refractivity contribution is 0.0730. The molecule has 7 nitrogen and oxygen atoms in total. The van der Waals surface area contributed by atoms with Crippen LogP contribution < -0.4 is 5.43 Å². The van der Waals surface area contributed by atoms with Gasteiger partial charge in [0.2, 0.25) is 10.0 Å². The Morgan fingerprint density at radius 2 is 1.86 bits per heavy atom. The van der Waals surface area contributed by atoms with Crippen LogP contribution in [0.1, 0.15) is 22.8 Å². The van der Waals surface area contributed by atoms with Crippen molar-refractivity contribution in [3.63, 3.8) is 0 Å². The minimum Gasteiger partial charge on any atom is -0.379 e. The summed E-state index contributed by atoms with van der Waals surface area (Å²) in [6, 6.07) is 10.8. The number of nitrogens with one attached hydrogen (secondary N) is 1. The SMILES string of the molecule is C/C(=N/NC(=O)c1cccc(S(=O)(=O)N2CCOCC2)c1)c1ccc(Cl)cc1Cl. The molecular formula is C19H19Cl2N3O4S. The Balaban J connectivity index is 1.77. The molecule has 0 radical (unpaired) electrons. The van der Waals surface area contributed by atoms with Gasteiger partial charge in [0.15, 0.2) is 0 Å². The third-order valence-electron chi connectivity index (χ3n) is 4.35. The van der Waals surface area contributed by atoms with E-state index in [1.54, 1.807) is 25.1 Å². The first kappa shape index (κ1) is 21.7. The third-order valence-corrected chi connectivity index (χ3v) is 6.79. The van der Waals surface area contributed by atoms with Crippen LogP contribution in [-0.4, -0.2) is 50.6 Å². The van der Waals surface area contributed by atoms with E-state index in [4.69, 9.17) is 27.9 Å². The number of hydrazone groups is 1. The maximum Gasteiger partial charge on any atom is 0.271 e. The van der Waals surface area contributed by atoms with E-state index in [2.05, 4.69) is 10.5 Å². The molecule has 0 spiro atoms. The molecule has 154 valence electrons. The van der Waals surface area contributed by atoms with Crippen molar-refractivity contribution in [3.8, 4) is 0 Å². The Kier molecular flexibility index (Phi) is 6.92. The average Bonchev–Trinajstić information content (AvgIpc) is 2.72. The molecule has 0 aromatic heterocycles. The first-order chi connectivity index (χ1) is 13.8. The van der Waals surface area contributed by atoms with Crippen molar-refractivity contribution in [2.45, 2.75) is 11.8 Å². The smallest absolute Gasteiger partial charge is 0.271 e. The lowest BCUT2D eigenvalue weighted by Gasteiger charge is -2.26. The summed E-state index contributed by atoms with van der Waals surface area (Å²) in [6.07, 6.45) is 0. The van der Waals surface area contributed by atoms with Gasteiger partial charge in [-0.2, -0.15) is 9.41 Å². The summed E-state index contributed by atoms with van der Waals surface area (Å²) < 4.78 is 32.1. The molecule has 0 atom stereocenters. The Labute approximate surface area is 179 Å². The number of carbonyl (C=O) groups is 1. The molecule has 1 heterocycles. The third kappa shape index (κ3) is 5.15. The van der Waals surface area contributed by atoms with Gasteiger partial charge in [-0.05, 0) is 37.3 Å². The van der Waals surface area contributed by atoms with E-state index in [1.807, 2.05) is 0 Å². The largest absolute Gasteiger partial charge is 0.379 e. The topological polar surface area (TPSA) is 88.1 Å². The zero-order chi connectivity index (χ0) is 21.0. The van der Waals surface area contributed by atoms with Crippen molar-refractivity contribution in [3.05, 3.63) is 63.6 Å². The van der Waals surface area contributed by atoms with Crippen molar-refractivity contribution < 1.29 is 17.9 Å². The molecule has 3 rings (SSSR count). The van der Waals surface area contributed by atoms with Gasteiger partial charge in [-0.1, -0.05) is 35.3 Å². The minimum atomic E-state index is -3.69. The number of hydrogen-bond acceptors (Lipinski definition) is 5. The quantitative estimate of drug-likeness (QED) is 0.553. The summed E-state index contributed by atoms with van der Waals surface area (Å²) >= 11 is 12.0. The van der Waals surface area contributed by atoms with Gasteiger partial charge in [0.25, 0.3) is 5.91 Å². The molecule has 1 saturated heterocycles. The Hall–Kier alpha value is -1.97. The van der Waals surface area contributed by atoms with Gasteiger partial charge in [-0.15, -0.1) is 0 Å². The van der Waals surface area contributed by atoms with Crippen molar-refractivity contribution in [2.24, 2.45) is 5.10 Å². The van der Waals surface area contributed by atoms with Gasteiger partial charge < -0.3 is 4.74 Å². The van der Waals surface area contributed by atoms with Gasteiger partial charge in [0.05, 0.1) is 28.8 Å². The molecule has 0 bridgehead atoms. The molecule has 1 amide bonds. The minimum absolute atomic E-state index is 0.0495. The first-order valence-electron chi connectivity index (χ1n) is 8.77. The molecule has 2 aromatic rings. The van der Waals surface area contributed by atoms with Crippen molar-refractivity contribution in [1.29, 1.82) is 0 Å². The predicted molar refractivity (Wildman–Crippen MR) is 112 cm³/mol. The zero-order valence-electron chi connectivity index (χ0n) is 15.6. The normalized spacial score (nSPS) is 15.9. The molecule has 29 heavy (non-hydrogen) atoms. The van der Waals surface area contributed by atoms with E-state index in [-0.39, 0.29) is 23.5 Å². The van der Waals surface area contributed by atoms with Gasteiger partial charge in [-0.25, -0.2) is 13.8 Å². The molecule has 1 fully saturated rings. The summed E-state index contributed by atoms with van der Waals surface area (Å²) in [5.41, 5.74) is 3.71. The Bertz CT molecular complexity index is 1050. The second kappa shape index (κ2) is 9.23. The molecule has 0 aliphatic carbocycles. The molecule has 0 unspecified atom stereocenters. The predicted octanol–water partition coefficient (Wildman–Crippen LogP) is 3.17. The highest BCUT2D eigenvalue weighted by Crippen LogP contribution is 2.22. The standard InChI is InChI=1S/C19H19Cl2N3O4S/c1-13(17-6-5-15(20)12-18(17)21)22-23-19(25)14-3-2-4-16(11-14)29(26,27)24-7-9-28-10-8-24/h2-6,11-12H,7-10H2,1H3,(H,23,25)/b22-13-. The lowest BCUT2D eigenvalue weighted by Crippen LogP contribution is -2.40. The van der Waals surface area contributed by atoms with Crippen LogP contribution in [0.5, 0.6) is 0 Å². The monoisotopic (exact) mass is 455 g/mol. The van der Waals surface area contributed by atoms with Gasteiger partial charge >= 0.3 is 0 Å². The van der Waals surface area contributed by atoms with Crippen molar-refractivity contribution in [2.75, 3.05) is 26.3 Å². The van der Waals surface area contributed by atoms with Crippen LogP contribution in [0.2, 0.25) is 10.0 Å². The Morgan fingerprint density at radius 1 is 1.14 bits per heavy atom. The lowest BCUT2D eigenvalue weighted by atomic mass is 10.1. The van der Waals surface area contributed by atoms with Crippen molar-refractivity contribution in [1.82, 2.24) is 9.73 Å². The van der Waals surface area contributed by atoms with Crippen molar-refractivity contribution >= 4 is 44.8 Å². The molecule has 1 aliphatic rings. The number of carbonyl (C=O) groups excluding carboxylic acids is 1. The summed E-state index contributed by atoms with van der Waals surface area (Å²) in [5.74, 6) is -0.534. The number of halogens is 2. The number of benzene rings is 2. The van der Waals surface area contributed by atoms with Crippen LogP contribution in [0.15, 0.2) is 52.5 Å². The summed E-state index contributed by atoms with van der Waals surface area (Å²) in [4.78, 5) is 12.5. The van der Waals surface area contributed by atoms with E-state index >= 15 is 0 Å². The number of hydrogen-bond donors (Lipinski definition) is 1. The Morgan fingerprint density at radius 3 is 2.55 bits per heavy atom. The molecular weight excluding hydrogens is 437 g/mol. The second-order valence-electron chi connectivity index (χ2n) is 6.31. The number of nitrogens with zero attached hydrogens (tertiary/aromatic N) is 2. The van der Waals surface area contributed by atoms with Crippen LogP contribution in [0, 0.1) is 0 Å². The summed E-state index contributed by atoms with van der Waals surface area (Å²) in [6.45, 7) is 2.95. The van der Waals surface area contributed by atoms with Crippen LogP contribution >= 0.6 is 23.2 Å². The molecule has 10 heteroatoms. The fourth-order valence-corrected chi connectivity index (χ4v) is 4.78. The number of amides is 1. The van der Waals surface area contributed by atoms with E-state index in [0.29, 0.717) is 34.5 Å². The van der Waals surface area contributed by atoms with Crippen LogP contribution in [0.3, 0.4) is 0 Å². The number of morpholine rings is 1. The van der Waals surface area contributed by atoms with Gasteiger partial charge in [0.1, 0.15) is 0 Å². The maximum absolute atomic E-state index is 12.8. The maximum atomic E-state index is 12.8. The summed E-state index contributed by atoms with van der Waals surface area (Å²) in [5, 5.41) is 4.96. The average molecular weight is 456 g/mol. The fraction of sp³-hybridized carbons (Fsp3) is 0.263. The van der Waals surface area contributed by atoms with E-state index < -0.39 is 15.9 Å². The zero-order valence-corrected chi connectivity index (χ0v) is 17.9. The summed E-state index contributed by atoms with van der Waals surface area (Å²) in [7, 11) is -3.69. The highest BCUT2D eigenvalue weighted by molar-refractivity contribution is 7.89. The molecule has 2 aromatic carbocycles. The van der Waals surface area contributed by atoms with E-state index in [9.17, 15) is 13.2 Å². The molecule has 1 N–H and O–H groups in total. The van der Waals surface area contributed by atoms with E-state index in [1.165, 1.54) is 28.6 Å². The van der Waals surface area contributed by atoms with Crippen LogP contribution in [-0.2, 0) is 14.8 Å². The first-order valence-corrected chi connectivity index (χ1v) is 11.0. The number of sulfonamides is 1. The van der Waals surface area contributed by atoms with Gasteiger partial charge in [-0.3, -0.25) is 4.79 Å². The number of ether oxygens (including phenoxy) is 1. The highest BCUT2D eigenvalue weighted by atomic mass is 35.5. The highest BCUT2D eigenvalue weighted by Gasteiger charge is 2.26. The van der Waals surface area contributed by atoms with Crippen LogP contribution in [0.25, 0.3) is 0 Å². The molecule has 0 saturated carbocycles. The molecule has 1 aliphatic heterocycles. The fourth-order valence-electron chi connectivity index (χ4n) is 2.78. The second-order valence-corrected chi connectivity index (χ2v) is 9.09. The van der Waals surface area contributed by atoms with Crippen LogP contribution in [0.4, 0.5) is 0 Å². The van der Waals surface area contributed by atoms with E-state index in [0.717, 1.165) is 0 Å². The number of rotatable bonds is 5. The van der Waals surface area contributed by atoms with Gasteiger partial charge in [0, 0.05) is 29.2 Å².